The standard InChI is InChI=1S/C18H14N6OS/c1-25-15-10-6-5-9-14(15)24-18(21-22-23-24)26-16-11-12-19-17(20-16)13-7-3-2-4-8-13/h2-12H,1H3. The molecule has 2 aromatic carbocycles. The minimum Gasteiger partial charge on any atom is -0.494 e. The molecule has 0 aliphatic rings. The zero-order valence-electron chi connectivity index (χ0n) is 13.9. The predicted octanol–water partition coefficient (Wildman–Crippen LogP) is 3.28. The van der Waals surface area contributed by atoms with Crippen LogP contribution in [-0.4, -0.2) is 37.3 Å². The van der Waals surface area contributed by atoms with Crippen molar-refractivity contribution in [2.45, 2.75) is 10.2 Å². The van der Waals surface area contributed by atoms with Gasteiger partial charge in [-0.3, -0.25) is 0 Å². The van der Waals surface area contributed by atoms with E-state index in [1.54, 1.807) is 18.0 Å². The van der Waals surface area contributed by atoms with E-state index >= 15 is 0 Å². The summed E-state index contributed by atoms with van der Waals surface area (Å²) >= 11 is 1.36. The van der Waals surface area contributed by atoms with Crippen molar-refractivity contribution < 1.29 is 4.74 Å². The molecule has 4 aromatic rings. The second kappa shape index (κ2) is 7.32. The highest BCUT2D eigenvalue weighted by atomic mass is 32.2. The molecule has 128 valence electrons. The Morgan fingerprint density at radius 1 is 0.962 bits per heavy atom. The molecule has 0 spiro atoms. The second-order valence-corrected chi connectivity index (χ2v) is 6.22. The zero-order valence-corrected chi connectivity index (χ0v) is 14.7. The maximum Gasteiger partial charge on any atom is 0.220 e. The van der Waals surface area contributed by atoms with Crippen molar-refractivity contribution in [1.29, 1.82) is 0 Å². The van der Waals surface area contributed by atoms with Gasteiger partial charge < -0.3 is 4.74 Å². The van der Waals surface area contributed by atoms with E-state index in [-0.39, 0.29) is 0 Å². The summed E-state index contributed by atoms with van der Waals surface area (Å²) in [5.74, 6) is 1.35. The lowest BCUT2D eigenvalue weighted by atomic mass is 10.2. The van der Waals surface area contributed by atoms with Gasteiger partial charge in [0.15, 0.2) is 5.82 Å². The van der Waals surface area contributed by atoms with E-state index in [9.17, 15) is 0 Å². The number of nitrogens with zero attached hydrogens (tertiary/aromatic N) is 6. The van der Waals surface area contributed by atoms with Gasteiger partial charge in [-0.15, -0.1) is 5.10 Å². The molecular formula is C18H14N6OS. The van der Waals surface area contributed by atoms with Crippen molar-refractivity contribution in [3.63, 3.8) is 0 Å². The number of para-hydroxylation sites is 2. The summed E-state index contributed by atoms with van der Waals surface area (Å²) in [6.45, 7) is 0. The van der Waals surface area contributed by atoms with Gasteiger partial charge in [-0.25, -0.2) is 9.97 Å². The predicted molar refractivity (Wildman–Crippen MR) is 97.3 cm³/mol. The molecule has 0 saturated heterocycles. The first-order valence-electron chi connectivity index (χ1n) is 7.83. The molecule has 7 nitrogen and oxygen atoms in total. The number of aromatic nitrogens is 6. The fourth-order valence-electron chi connectivity index (χ4n) is 2.42. The summed E-state index contributed by atoms with van der Waals surface area (Å²) in [4.78, 5) is 8.95. The maximum atomic E-state index is 5.40. The minimum absolute atomic E-state index is 0.590. The zero-order chi connectivity index (χ0) is 17.8. The van der Waals surface area contributed by atoms with E-state index in [4.69, 9.17) is 4.74 Å². The van der Waals surface area contributed by atoms with Crippen molar-refractivity contribution >= 4 is 11.8 Å². The number of ether oxygens (including phenoxy) is 1. The number of rotatable bonds is 5. The van der Waals surface area contributed by atoms with Crippen LogP contribution in [0.15, 0.2) is 77.0 Å². The van der Waals surface area contributed by atoms with Crippen molar-refractivity contribution in [1.82, 2.24) is 30.2 Å². The summed E-state index contributed by atoms with van der Waals surface area (Å²) in [6, 6.07) is 19.2. The lowest BCUT2D eigenvalue weighted by Crippen LogP contribution is -2.02. The molecule has 0 fully saturated rings. The van der Waals surface area contributed by atoms with Gasteiger partial charge in [-0.2, -0.15) is 4.68 Å². The van der Waals surface area contributed by atoms with Crippen molar-refractivity contribution in [2.24, 2.45) is 0 Å². The Morgan fingerprint density at radius 3 is 2.62 bits per heavy atom. The Balaban J connectivity index is 1.67. The average Bonchev–Trinajstić information content (AvgIpc) is 3.16. The summed E-state index contributed by atoms with van der Waals surface area (Å²) in [6.07, 6.45) is 1.73. The van der Waals surface area contributed by atoms with Crippen LogP contribution in [0.2, 0.25) is 0 Å². The van der Waals surface area contributed by atoms with E-state index in [0.717, 1.165) is 16.3 Å². The molecule has 0 aliphatic carbocycles. The van der Waals surface area contributed by atoms with Gasteiger partial charge in [0.1, 0.15) is 16.5 Å². The number of methoxy groups -OCH3 is 1. The summed E-state index contributed by atoms with van der Waals surface area (Å²) in [7, 11) is 1.62. The molecule has 0 amide bonds. The molecule has 2 heterocycles. The molecule has 26 heavy (non-hydrogen) atoms. The van der Waals surface area contributed by atoms with Gasteiger partial charge in [0.05, 0.1) is 7.11 Å². The smallest absolute Gasteiger partial charge is 0.220 e. The van der Waals surface area contributed by atoms with Crippen molar-refractivity contribution in [3.05, 3.63) is 66.9 Å². The lowest BCUT2D eigenvalue weighted by molar-refractivity contribution is 0.410. The summed E-state index contributed by atoms with van der Waals surface area (Å²) < 4.78 is 7.03. The van der Waals surface area contributed by atoms with Crippen LogP contribution >= 0.6 is 11.8 Å². The number of hydrogen-bond donors (Lipinski definition) is 0. The van der Waals surface area contributed by atoms with E-state index in [2.05, 4.69) is 25.5 Å². The molecule has 0 bridgehead atoms. The van der Waals surface area contributed by atoms with Gasteiger partial charge in [-0.05, 0) is 40.4 Å². The van der Waals surface area contributed by atoms with Gasteiger partial charge in [-0.1, -0.05) is 42.5 Å². The molecule has 0 saturated carbocycles. The van der Waals surface area contributed by atoms with Crippen LogP contribution in [0, 0.1) is 0 Å². The van der Waals surface area contributed by atoms with Crippen LogP contribution in [0.25, 0.3) is 17.1 Å². The number of hydrogen-bond acceptors (Lipinski definition) is 7. The highest BCUT2D eigenvalue weighted by molar-refractivity contribution is 7.99. The lowest BCUT2D eigenvalue weighted by Gasteiger charge is -2.09. The first-order valence-corrected chi connectivity index (χ1v) is 8.65. The summed E-state index contributed by atoms with van der Waals surface area (Å²) in [5, 5.41) is 13.3. The third-order valence-corrected chi connectivity index (χ3v) is 4.49. The fourth-order valence-corrected chi connectivity index (χ4v) is 3.16. The van der Waals surface area contributed by atoms with Crippen LogP contribution in [0.1, 0.15) is 0 Å². The van der Waals surface area contributed by atoms with Crippen LogP contribution in [-0.2, 0) is 0 Å². The normalized spacial score (nSPS) is 10.7. The van der Waals surface area contributed by atoms with E-state index in [0.29, 0.717) is 16.7 Å². The summed E-state index contributed by atoms with van der Waals surface area (Å²) in [5.41, 5.74) is 1.72. The molecule has 8 heteroatoms. The Morgan fingerprint density at radius 2 is 1.77 bits per heavy atom. The van der Waals surface area contributed by atoms with E-state index in [1.807, 2.05) is 60.7 Å². The largest absolute Gasteiger partial charge is 0.494 e. The fraction of sp³-hybridized carbons (Fsp3) is 0.0556. The van der Waals surface area contributed by atoms with Gasteiger partial charge in [0.2, 0.25) is 5.16 Å². The molecular weight excluding hydrogens is 348 g/mol. The first-order chi connectivity index (χ1) is 12.8. The molecule has 0 aliphatic heterocycles. The topological polar surface area (TPSA) is 78.6 Å². The van der Waals surface area contributed by atoms with Crippen LogP contribution < -0.4 is 4.74 Å². The number of tetrazole rings is 1. The Labute approximate surface area is 154 Å². The monoisotopic (exact) mass is 362 g/mol. The van der Waals surface area contributed by atoms with Crippen molar-refractivity contribution in [2.75, 3.05) is 7.11 Å². The van der Waals surface area contributed by atoms with E-state index < -0.39 is 0 Å². The van der Waals surface area contributed by atoms with Gasteiger partial charge in [0, 0.05) is 11.8 Å². The minimum atomic E-state index is 0.590. The Bertz CT molecular complexity index is 1020. The molecule has 0 unspecified atom stereocenters. The molecule has 2 aromatic heterocycles. The van der Waals surface area contributed by atoms with Gasteiger partial charge in [0.25, 0.3) is 0 Å². The third kappa shape index (κ3) is 3.27. The van der Waals surface area contributed by atoms with Crippen molar-refractivity contribution in [3.8, 4) is 22.8 Å². The highest BCUT2D eigenvalue weighted by Crippen LogP contribution is 2.29. The average molecular weight is 362 g/mol. The maximum absolute atomic E-state index is 5.40. The third-order valence-electron chi connectivity index (χ3n) is 3.61. The molecule has 0 N–H and O–H groups in total. The molecule has 4 rings (SSSR count). The second-order valence-electron chi connectivity index (χ2n) is 5.23. The Hall–Kier alpha value is -3.26. The van der Waals surface area contributed by atoms with Crippen LogP contribution in [0.3, 0.4) is 0 Å². The Kier molecular flexibility index (Phi) is 4.57. The number of benzene rings is 2. The quantitative estimate of drug-likeness (QED) is 0.504. The van der Waals surface area contributed by atoms with Crippen LogP contribution in [0.5, 0.6) is 5.75 Å². The molecule has 0 atom stereocenters. The molecule has 0 radical (unpaired) electrons. The van der Waals surface area contributed by atoms with Gasteiger partial charge >= 0.3 is 0 Å². The van der Waals surface area contributed by atoms with Crippen LogP contribution in [0.4, 0.5) is 0 Å². The van der Waals surface area contributed by atoms with E-state index in [1.165, 1.54) is 11.8 Å². The SMILES string of the molecule is COc1ccccc1-n1nnnc1Sc1ccnc(-c2ccccc2)n1. The first kappa shape index (κ1) is 16.2. The highest BCUT2D eigenvalue weighted by Gasteiger charge is 2.15.